The minimum atomic E-state index is -1.15. The number of aromatic nitrogens is 3. The topological polar surface area (TPSA) is 84.6 Å². The molecule has 0 saturated heterocycles. The highest BCUT2D eigenvalue weighted by Crippen LogP contribution is 2.31. The van der Waals surface area contributed by atoms with E-state index in [0.717, 1.165) is 28.0 Å². The van der Waals surface area contributed by atoms with Crippen molar-refractivity contribution in [3.63, 3.8) is 0 Å². The van der Waals surface area contributed by atoms with Crippen molar-refractivity contribution in [1.29, 1.82) is 0 Å². The van der Waals surface area contributed by atoms with Crippen LogP contribution in [0.4, 0.5) is 0 Å². The molecule has 4 aromatic rings. The van der Waals surface area contributed by atoms with Crippen LogP contribution in [-0.2, 0) is 0 Å². The lowest BCUT2D eigenvalue weighted by molar-refractivity contribution is 0.0702. The molecule has 0 atom stereocenters. The fourth-order valence-electron chi connectivity index (χ4n) is 3.13. The predicted octanol–water partition coefficient (Wildman–Crippen LogP) is 4.96. The van der Waals surface area contributed by atoms with E-state index < -0.39 is 11.5 Å². The van der Waals surface area contributed by atoms with Crippen LogP contribution in [-0.4, -0.2) is 25.4 Å². The molecule has 3 heterocycles. The van der Waals surface area contributed by atoms with Crippen molar-refractivity contribution in [3.05, 3.63) is 85.4 Å². The quantitative estimate of drug-likeness (QED) is 0.488. The van der Waals surface area contributed by atoms with Crippen LogP contribution in [0.1, 0.15) is 32.1 Å². The van der Waals surface area contributed by atoms with Gasteiger partial charge < -0.3 is 5.11 Å². The summed E-state index contributed by atoms with van der Waals surface area (Å²) in [5.41, 5.74) is 3.67. The molecule has 0 bridgehead atoms. The van der Waals surface area contributed by atoms with Gasteiger partial charge in [0.2, 0.25) is 0 Å². The first-order chi connectivity index (χ1) is 14.4. The number of thiazole rings is 1. The van der Waals surface area contributed by atoms with Gasteiger partial charge in [0, 0.05) is 18.0 Å². The Bertz CT molecular complexity index is 1370. The van der Waals surface area contributed by atoms with Crippen LogP contribution in [0.25, 0.3) is 28.4 Å². The Morgan fingerprint density at radius 2 is 2.03 bits per heavy atom. The van der Waals surface area contributed by atoms with Crippen LogP contribution in [0.15, 0.2) is 47.5 Å². The number of nitrogens with zero attached hydrogens (tertiary/aromatic N) is 3. The number of rotatable bonds is 4. The maximum atomic E-state index is 13.1. The van der Waals surface area contributed by atoms with Gasteiger partial charge in [0.1, 0.15) is 9.90 Å². The molecule has 0 aliphatic carbocycles. The molecule has 0 aliphatic heterocycles. The van der Waals surface area contributed by atoms with Gasteiger partial charge in [-0.3, -0.25) is 9.78 Å². The summed E-state index contributed by atoms with van der Waals surface area (Å²) in [5.74, 6) is -1.15. The lowest BCUT2D eigenvalue weighted by Gasteiger charge is -2.05. The summed E-state index contributed by atoms with van der Waals surface area (Å²) in [6.07, 6.45) is 6.60. The lowest BCUT2D eigenvalue weighted by atomic mass is 10.1. The zero-order valence-corrected chi connectivity index (χ0v) is 17.7. The SMILES string of the molecule is Cc1ccc(C)c(C=Cc2nc3sc(C(=O)O)c(-c4cccnc4)n3c(=O)c2Cl)c1. The van der Waals surface area contributed by atoms with Gasteiger partial charge in [-0.05, 0) is 43.2 Å². The lowest BCUT2D eigenvalue weighted by Crippen LogP contribution is -2.17. The summed E-state index contributed by atoms with van der Waals surface area (Å²) >= 11 is 7.28. The van der Waals surface area contributed by atoms with Crippen LogP contribution in [0, 0.1) is 13.8 Å². The molecule has 150 valence electrons. The highest BCUT2D eigenvalue weighted by atomic mass is 35.5. The number of benzene rings is 1. The Morgan fingerprint density at radius 1 is 1.23 bits per heavy atom. The normalized spacial score (nSPS) is 11.4. The van der Waals surface area contributed by atoms with Crippen LogP contribution in [0.5, 0.6) is 0 Å². The number of aromatic carboxylic acids is 1. The molecule has 6 nitrogen and oxygen atoms in total. The van der Waals surface area contributed by atoms with Gasteiger partial charge in [0.05, 0.1) is 11.4 Å². The van der Waals surface area contributed by atoms with E-state index >= 15 is 0 Å². The molecule has 0 saturated carbocycles. The highest BCUT2D eigenvalue weighted by molar-refractivity contribution is 7.19. The number of carbonyl (C=O) groups is 1. The molecule has 8 heteroatoms. The van der Waals surface area contributed by atoms with E-state index in [4.69, 9.17) is 11.6 Å². The average Bonchev–Trinajstić information content (AvgIpc) is 3.12. The van der Waals surface area contributed by atoms with Gasteiger partial charge in [0.15, 0.2) is 4.96 Å². The second-order valence-electron chi connectivity index (χ2n) is 6.75. The number of pyridine rings is 1. The van der Waals surface area contributed by atoms with Gasteiger partial charge in [-0.1, -0.05) is 52.8 Å². The maximum absolute atomic E-state index is 13.1. The Hall–Kier alpha value is -3.29. The molecule has 0 spiro atoms. The molecule has 0 amide bonds. The molecule has 0 radical (unpaired) electrons. The van der Waals surface area contributed by atoms with Crippen molar-refractivity contribution in [2.75, 3.05) is 0 Å². The molecular weight excluding hydrogens is 422 g/mol. The Balaban J connectivity index is 1.93. The summed E-state index contributed by atoms with van der Waals surface area (Å²) in [6, 6.07) is 9.43. The van der Waals surface area contributed by atoms with Crippen molar-refractivity contribution >= 4 is 46.0 Å². The first-order valence-electron chi connectivity index (χ1n) is 9.01. The number of hydrogen-bond donors (Lipinski definition) is 1. The Labute approximate surface area is 180 Å². The predicted molar refractivity (Wildman–Crippen MR) is 119 cm³/mol. The second kappa shape index (κ2) is 7.85. The number of halogens is 1. The number of carboxylic acids is 1. The Kier molecular flexibility index (Phi) is 5.24. The molecule has 0 unspecified atom stereocenters. The molecule has 1 N–H and O–H groups in total. The van der Waals surface area contributed by atoms with Crippen molar-refractivity contribution in [2.45, 2.75) is 13.8 Å². The van der Waals surface area contributed by atoms with E-state index in [0.29, 0.717) is 11.3 Å². The molecule has 4 rings (SSSR count). The van der Waals surface area contributed by atoms with Gasteiger partial charge in [-0.15, -0.1) is 0 Å². The van der Waals surface area contributed by atoms with E-state index in [-0.39, 0.29) is 20.6 Å². The minimum Gasteiger partial charge on any atom is -0.477 e. The van der Waals surface area contributed by atoms with Gasteiger partial charge in [-0.2, -0.15) is 0 Å². The summed E-state index contributed by atoms with van der Waals surface area (Å²) in [7, 11) is 0. The average molecular weight is 438 g/mol. The zero-order chi connectivity index (χ0) is 21.4. The zero-order valence-electron chi connectivity index (χ0n) is 16.1. The fraction of sp³-hybridized carbons (Fsp3) is 0.0909. The standard InChI is InChI=1S/C22H16ClN3O3S/c1-12-5-6-13(2)14(10-12)7-8-16-17(23)20(27)26-18(15-4-3-9-24-11-15)19(21(28)29)30-22(26)25-16/h3-11H,1-2H3,(H,28,29). The third-order valence-electron chi connectivity index (χ3n) is 4.64. The molecular formula is C22H16ClN3O3S. The van der Waals surface area contributed by atoms with E-state index in [1.807, 2.05) is 38.1 Å². The van der Waals surface area contributed by atoms with Gasteiger partial charge >= 0.3 is 5.97 Å². The first kappa shape index (κ1) is 20.0. The van der Waals surface area contributed by atoms with Crippen molar-refractivity contribution in [3.8, 4) is 11.3 Å². The van der Waals surface area contributed by atoms with E-state index in [1.54, 1.807) is 24.4 Å². The van der Waals surface area contributed by atoms with Gasteiger partial charge in [-0.25, -0.2) is 14.2 Å². The Morgan fingerprint density at radius 3 is 2.73 bits per heavy atom. The van der Waals surface area contributed by atoms with Crippen LogP contribution in [0.3, 0.4) is 0 Å². The molecule has 0 fully saturated rings. The van der Waals surface area contributed by atoms with Crippen molar-refractivity contribution in [2.24, 2.45) is 0 Å². The fourth-order valence-corrected chi connectivity index (χ4v) is 4.31. The number of carboxylic acid groups (broad SMARTS) is 1. The van der Waals surface area contributed by atoms with Crippen molar-refractivity contribution < 1.29 is 9.90 Å². The van der Waals surface area contributed by atoms with E-state index in [9.17, 15) is 14.7 Å². The molecule has 1 aromatic carbocycles. The summed E-state index contributed by atoms with van der Waals surface area (Å²) in [6.45, 7) is 3.99. The largest absolute Gasteiger partial charge is 0.477 e. The smallest absolute Gasteiger partial charge is 0.348 e. The number of hydrogen-bond acceptors (Lipinski definition) is 5. The maximum Gasteiger partial charge on any atom is 0.348 e. The van der Waals surface area contributed by atoms with Crippen LogP contribution in [0.2, 0.25) is 5.02 Å². The third-order valence-corrected chi connectivity index (χ3v) is 6.02. The second-order valence-corrected chi connectivity index (χ2v) is 8.11. The monoisotopic (exact) mass is 437 g/mol. The van der Waals surface area contributed by atoms with Crippen LogP contribution < -0.4 is 5.56 Å². The summed E-state index contributed by atoms with van der Waals surface area (Å²) in [5, 5.41) is 9.59. The van der Waals surface area contributed by atoms with Gasteiger partial charge in [0.25, 0.3) is 5.56 Å². The summed E-state index contributed by atoms with van der Waals surface area (Å²) in [4.78, 5) is 33.6. The van der Waals surface area contributed by atoms with Crippen molar-refractivity contribution in [1.82, 2.24) is 14.4 Å². The van der Waals surface area contributed by atoms with E-state index in [1.165, 1.54) is 10.6 Å². The third kappa shape index (κ3) is 3.53. The molecule has 3 aromatic heterocycles. The van der Waals surface area contributed by atoms with Crippen LogP contribution >= 0.6 is 22.9 Å². The minimum absolute atomic E-state index is 0.000625. The first-order valence-corrected chi connectivity index (χ1v) is 10.2. The highest BCUT2D eigenvalue weighted by Gasteiger charge is 2.23. The number of aryl methyl sites for hydroxylation is 2. The summed E-state index contributed by atoms with van der Waals surface area (Å²) < 4.78 is 1.24. The number of fused-ring (bicyclic) bond motifs is 1. The molecule has 30 heavy (non-hydrogen) atoms. The molecule has 0 aliphatic rings. The van der Waals surface area contributed by atoms with E-state index in [2.05, 4.69) is 9.97 Å².